The Morgan fingerprint density at radius 2 is 0.789 bits per heavy atom. The summed E-state index contributed by atoms with van der Waals surface area (Å²) in [5, 5.41) is 15.4. The van der Waals surface area contributed by atoms with Crippen molar-refractivity contribution < 1.29 is 0 Å². The zero-order valence-electron chi connectivity index (χ0n) is 32.0. The fourth-order valence-corrected chi connectivity index (χ4v) is 10.5. The number of fused-ring (bicyclic) bond motifs is 12. The van der Waals surface area contributed by atoms with E-state index < -0.39 is 0 Å². The van der Waals surface area contributed by atoms with Crippen LogP contribution in [-0.4, -0.2) is 0 Å². The van der Waals surface area contributed by atoms with Crippen LogP contribution < -0.4 is 0 Å². The fraction of sp³-hybridized carbons (Fsp3) is 0.0526. The molecule has 0 nitrogen and oxygen atoms in total. The average Bonchev–Trinajstić information content (AvgIpc) is 3.51. The lowest BCUT2D eigenvalue weighted by molar-refractivity contribution is 0.662. The van der Waals surface area contributed by atoms with Crippen molar-refractivity contribution in [3.63, 3.8) is 0 Å². The van der Waals surface area contributed by atoms with Crippen LogP contribution in [0.5, 0.6) is 0 Å². The standard InChI is InChI=1S/C57H38/c1-57(2)51-33-32-36-15-4-6-17-41(36)55(51)49-25-13-24-42(56(49)57)37-26-29-38(30-27-37)52-45-20-9-11-22-47(45)54(48-23-12-10-21-46(48)52)50-34-39-31-28-35-14-3-5-16-40(35)53(39)44-19-8-7-18-43(44)50/h3-34H,1-2H3. The first kappa shape index (κ1) is 32.2. The molecule has 1 aliphatic carbocycles. The third-order valence-electron chi connectivity index (χ3n) is 13.0. The van der Waals surface area contributed by atoms with Crippen LogP contribution in [0.2, 0.25) is 0 Å². The molecule has 1 aliphatic rings. The van der Waals surface area contributed by atoms with Gasteiger partial charge in [0.2, 0.25) is 0 Å². The highest BCUT2D eigenvalue weighted by Crippen LogP contribution is 2.54. The normalized spacial score (nSPS) is 13.2. The summed E-state index contributed by atoms with van der Waals surface area (Å²) in [5.41, 5.74) is 13.1. The summed E-state index contributed by atoms with van der Waals surface area (Å²) in [4.78, 5) is 0. The van der Waals surface area contributed by atoms with Gasteiger partial charge in [0.25, 0.3) is 0 Å². The van der Waals surface area contributed by atoms with Gasteiger partial charge in [-0.1, -0.05) is 202 Å². The first-order chi connectivity index (χ1) is 28.1. The number of benzene rings is 11. The molecule has 0 atom stereocenters. The number of hydrogen-bond acceptors (Lipinski definition) is 0. The highest BCUT2D eigenvalue weighted by atomic mass is 14.4. The van der Waals surface area contributed by atoms with Crippen LogP contribution in [-0.2, 0) is 5.41 Å². The lowest BCUT2D eigenvalue weighted by Gasteiger charge is -2.25. The van der Waals surface area contributed by atoms with Crippen LogP contribution in [0.1, 0.15) is 25.0 Å². The van der Waals surface area contributed by atoms with Gasteiger partial charge >= 0.3 is 0 Å². The molecule has 0 fully saturated rings. The van der Waals surface area contributed by atoms with Crippen molar-refractivity contribution in [1.29, 1.82) is 0 Å². The van der Waals surface area contributed by atoms with Crippen molar-refractivity contribution in [2.24, 2.45) is 0 Å². The SMILES string of the molecule is CC1(C)c2ccc3ccccc3c2-c2cccc(-c3ccc(-c4c5ccccc5c(-c5cc6ccc7ccccc7c6c6ccccc56)c5ccccc45)cc3)c21. The van der Waals surface area contributed by atoms with Crippen molar-refractivity contribution in [2.45, 2.75) is 19.3 Å². The maximum atomic E-state index is 2.44. The second-order valence-electron chi connectivity index (χ2n) is 16.3. The van der Waals surface area contributed by atoms with Crippen molar-refractivity contribution in [2.75, 3.05) is 0 Å². The lowest BCUT2D eigenvalue weighted by atomic mass is 9.78. The molecule has 0 saturated carbocycles. The highest BCUT2D eigenvalue weighted by Gasteiger charge is 2.38. The molecule has 0 N–H and O–H groups in total. The van der Waals surface area contributed by atoms with Gasteiger partial charge in [-0.15, -0.1) is 0 Å². The second-order valence-corrected chi connectivity index (χ2v) is 16.3. The van der Waals surface area contributed by atoms with Gasteiger partial charge in [0.1, 0.15) is 0 Å². The van der Waals surface area contributed by atoms with E-state index in [4.69, 9.17) is 0 Å². The average molecular weight is 723 g/mol. The van der Waals surface area contributed by atoms with Crippen molar-refractivity contribution in [1.82, 2.24) is 0 Å². The third kappa shape index (κ3) is 4.56. The Hall–Kier alpha value is -7.02. The molecule has 0 saturated heterocycles. The van der Waals surface area contributed by atoms with Gasteiger partial charge in [-0.3, -0.25) is 0 Å². The Bertz CT molecular complexity index is 3410. The summed E-state index contributed by atoms with van der Waals surface area (Å²) in [6.45, 7) is 4.79. The zero-order chi connectivity index (χ0) is 37.8. The minimum absolute atomic E-state index is 0.119. The van der Waals surface area contributed by atoms with E-state index in [2.05, 4.69) is 208 Å². The van der Waals surface area contributed by atoms with E-state index in [1.165, 1.54) is 120 Å². The van der Waals surface area contributed by atoms with Crippen molar-refractivity contribution in [3.05, 3.63) is 205 Å². The molecule has 0 amide bonds. The fourth-order valence-electron chi connectivity index (χ4n) is 10.5. The van der Waals surface area contributed by atoms with E-state index in [0.29, 0.717) is 0 Å². The summed E-state index contributed by atoms with van der Waals surface area (Å²) in [7, 11) is 0. The zero-order valence-corrected chi connectivity index (χ0v) is 32.0. The summed E-state index contributed by atoms with van der Waals surface area (Å²) in [5.74, 6) is 0. The lowest BCUT2D eigenvalue weighted by Crippen LogP contribution is -2.16. The molecule has 0 aromatic heterocycles. The summed E-state index contributed by atoms with van der Waals surface area (Å²) < 4.78 is 0. The Morgan fingerprint density at radius 1 is 0.298 bits per heavy atom. The largest absolute Gasteiger partial charge is 0.0616 e. The summed E-state index contributed by atoms with van der Waals surface area (Å²) in [6, 6.07) is 72.6. The highest BCUT2D eigenvalue weighted by molar-refractivity contribution is 6.28. The van der Waals surface area contributed by atoms with Crippen LogP contribution in [0.3, 0.4) is 0 Å². The van der Waals surface area contributed by atoms with Crippen LogP contribution in [0.4, 0.5) is 0 Å². The topological polar surface area (TPSA) is 0 Å². The van der Waals surface area contributed by atoms with Crippen LogP contribution >= 0.6 is 0 Å². The van der Waals surface area contributed by atoms with E-state index in [1.807, 2.05) is 0 Å². The monoisotopic (exact) mass is 722 g/mol. The Kier molecular flexibility index (Phi) is 6.78. The first-order valence-corrected chi connectivity index (χ1v) is 20.1. The van der Waals surface area contributed by atoms with E-state index in [0.717, 1.165) is 0 Å². The molecular formula is C57H38. The van der Waals surface area contributed by atoms with Crippen LogP contribution in [0, 0.1) is 0 Å². The molecule has 11 aromatic rings. The Morgan fingerprint density at radius 3 is 1.47 bits per heavy atom. The molecule has 0 heteroatoms. The molecule has 0 heterocycles. The van der Waals surface area contributed by atoms with Gasteiger partial charge in [0.05, 0.1) is 0 Å². The van der Waals surface area contributed by atoms with E-state index in [9.17, 15) is 0 Å². The maximum Gasteiger partial charge on any atom is 0.0165 e. The van der Waals surface area contributed by atoms with Crippen molar-refractivity contribution >= 4 is 64.6 Å². The predicted molar refractivity (Wildman–Crippen MR) is 245 cm³/mol. The molecule has 266 valence electrons. The minimum Gasteiger partial charge on any atom is -0.0616 e. The number of hydrogen-bond donors (Lipinski definition) is 0. The Labute approximate surface area is 332 Å². The molecule has 12 rings (SSSR count). The molecule has 0 aliphatic heterocycles. The van der Waals surface area contributed by atoms with Gasteiger partial charge in [0, 0.05) is 5.41 Å². The van der Waals surface area contributed by atoms with Gasteiger partial charge in [0.15, 0.2) is 0 Å². The van der Waals surface area contributed by atoms with E-state index in [-0.39, 0.29) is 5.41 Å². The first-order valence-electron chi connectivity index (χ1n) is 20.1. The minimum atomic E-state index is -0.119. The molecular weight excluding hydrogens is 685 g/mol. The van der Waals surface area contributed by atoms with Crippen LogP contribution in [0.25, 0.3) is 109 Å². The molecule has 0 radical (unpaired) electrons. The molecule has 0 bridgehead atoms. The number of rotatable bonds is 3. The molecule has 57 heavy (non-hydrogen) atoms. The summed E-state index contributed by atoms with van der Waals surface area (Å²) in [6.07, 6.45) is 0. The van der Waals surface area contributed by atoms with Gasteiger partial charge < -0.3 is 0 Å². The van der Waals surface area contributed by atoms with E-state index in [1.54, 1.807) is 0 Å². The summed E-state index contributed by atoms with van der Waals surface area (Å²) >= 11 is 0. The quantitative estimate of drug-likeness (QED) is 0.126. The molecule has 0 unspecified atom stereocenters. The van der Waals surface area contributed by atoms with Crippen molar-refractivity contribution in [3.8, 4) is 44.5 Å². The second kappa shape index (κ2) is 12.0. The van der Waals surface area contributed by atoms with Gasteiger partial charge in [-0.2, -0.15) is 0 Å². The third-order valence-corrected chi connectivity index (χ3v) is 13.0. The van der Waals surface area contributed by atoms with Crippen LogP contribution in [0.15, 0.2) is 194 Å². The van der Waals surface area contributed by atoms with E-state index >= 15 is 0 Å². The smallest absolute Gasteiger partial charge is 0.0165 e. The molecule has 11 aromatic carbocycles. The molecule has 0 spiro atoms. The van der Waals surface area contributed by atoms with Gasteiger partial charge in [-0.25, -0.2) is 0 Å². The Balaban J connectivity index is 1.06. The van der Waals surface area contributed by atoms with Gasteiger partial charge in [-0.05, 0) is 126 Å². The maximum absolute atomic E-state index is 2.44. The predicted octanol–water partition coefficient (Wildman–Crippen LogP) is 15.9.